The van der Waals surface area contributed by atoms with Crippen LogP contribution in [0.5, 0.6) is 5.75 Å². The molecule has 0 spiro atoms. The van der Waals surface area contributed by atoms with Gasteiger partial charge < -0.3 is 10.1 Å². The maximum atomic E-state index is 8.47. The van der Waals surface area contributed by atoms with E-state index < -0.39 is 0 Å². The SMILES string of the molecule is Cc1csc(CNc2cccc(OCCCC#N)c2)n1. The Kier molecular flexibility index (Phi) is 5.39. The zero-order chi connectivity index (χ0) is 14.2. The summed E-state index contributed by atoms with van der Waals surface area (Å²) in [5.74, 6) is 0.822. The normalized spacial score (nSPS) is 10.0. The van der Waals surface area contributed by atoms with Gasteiger partial charge in [0.05, 0.1) is 19.2 Å². The second-order valence-electron chi connectivity index (χ2n) is 4.37. The molecule has 0 unspecified atom stereocenters. The number of hydrogen-bond acceptors (Lipinski definition) is 5. The van der Waals surface area contributed by atoms with Gasteiger partial charge in [-0.25, -0.2) is 4.98 Å². The van der Waals surface area contributed by atoms with Gasteiger partial charge in [0.2, 0.25) is 0 Å². The van der Waals surface area contributed by atoms with Crippen LogP contribution in [0.3, 0.4) is 0 Å². The molecule has 0 aliphatic heterocycles. The molecule has 4 nitrogen and oxygen atoms in total. The fraction of sp³-hybridized carbons (Fsp3) is 0.333. The third kappa shape index (κ3) is 4.56. The van der Waals surface area contributed by atoms with E-state index in [1.165, 1.54) is 0 Å². The summed E-state index contributed by atoms with van der Waals surface area (Å²) in [5.41, 5.74) is 2.07. The number of nitrogens with zero attached hydrogens (tertiary/aromatic N) is 2. The van der Waals surface area contributed by atoms with Crippen molar-refractivity contribution in [2.75, 3.05) is 11.9 Å². The molecule has 0 saturated carbocycles. The topological polar surface area (TPSA) is 57.9 Å². The van der Waals surface area contributed by atoms with E-state index in [-0.39, 0.29) is 0 Å². The lowest BCUT2D eigenvalue weighted by atomic mass is 10.3. The number of rotatable bonds is 7. The van der Waals surface area contributed by atoms with Crippen molar-refractivity contribution < 1.29 is 4.74 Å². The minimum atomic E-state index is 0.529. The van der Waals surface area contributed by atoms with Crippen LogP contribution in [0.4, 0.5) is 5.69 Å². The molecule has 0 amide bonds. The first-order valence-electron chi connectivity index (χ1n) is 6.52. The van der Waals surface area contributed by atoms with Gasteiger partial charge in [0.1, 0.15) is 10.8 Å². The summed E-state index contributed by atoms with van der Waals surface area (Å²) >= 11 is 1.66. The smallest absolute Gasteiger partial charge is 0.121 e. The molecule has 0 bridgehead atoms. The van der Waals surface area contributed by atoms with Crippen LogP contribution in [0.25, 0.3) is 0 Å². The zero-order valence-electron chi connectivity index (χ0n) is 11.4. The molecule has 2 rings (SSSR count). The molecule has 2 aromatic rings. The van der Waals surface area contributed by atoms with Crippen molar-refractivity contribution in [3.63, 3.8) is 0 Å². The van der Waals surface area contributed by atoms with Crippen LogP contribution in [0.15, 0.2) is 29.6 Å². The van der Waals surface area contributed by atoms with E-state index in [0.717, 1.165) is 35.1 Å². The number of hydrogen-bond donors (Lipinski definition) is 1. The number of nitrogens with one attached hydrogen (secondary N) is 1. The molecule has 1 heterocycles. The Bertz CT molecular complexity index is 589. The van der Waals surface area contributed by atoms with Crippen LogP contribution in [0.1, 0.15) is 23.5 Å². The predicted octanol–water partition coefficient (Wildman–Crippen LogP) is 3.75. The fourth-order valence-electron chi connectivity index (χ4n) is 1.70. The summed E-state index contributed by atoms with van der Waals surface area (Å²) in [5, 5.41) is 14.9. The van der Waals surface area contributed by atoms with Crippen LogP contribution < -0.4 is 10.1 Å². The molecule has 1 N–H and O–H groups in total. The Hall–Kier alpha value is -2.06. The number of thiazole rings is 1. The number of ether oxygens (including phenoxy) is 1. The van der Waals surface area contributed by atoms with Gasteiger partial charge in [-0.05, 0) is 25.5 Å². The van der Waals surface area contributed by atoms with Gasteiger partial charge in [-0.15, -0.1) is 11.3 Å². The fourth-order valence-corrected chi connectivity index (χ4v) is 2.41. The molecule has 104 valence electrons. The number of benzene rings is 1. The largest absolute Gasteiger partial charge is 0.493 e. The highest BCUT2D eigenvalue weighted by molar-refractivity contribution is 7.09. The van der Waals surface area contributed by atoms with Crippen molar-refractivity contribution in [1.29, 1.82) is 5.26 Å². The van der Waals surface area contributed by atoms with E-state index in [0.29, 0.717) is 13.0 Å². The number of aryl methyl sites for hydroxylation is 1. The number of anilines is 1. The van der Waals surface area contributed by atoms with Gasteiger partial charge in [-0.2, -0.15) is 5.26 Å². The number of unbranched alkanes of at least 4 members (excludes halogenated alkanes) is 1. The monoisotopic (exact) mass is 287 g/mol. The third-order valence-electron chi connectivity index (χ3n) is 2.65. The summed E-state index contributed by atoms with van der Waals surface area (Å²) < 4.78 is 5.60. The highest BCUT2D eigenvalue weighted by atomic mass is 32.1. The lowest BCUT2D eigenvalue weighted by Gasteiger charge is -2.08. The van der Waals surface area contributed by atoms with E-state index in [9.17, 15) is 0 Å². The minimum Gasteiger partial charge on any atom is -0.493 e. The maximum absolute atomic E-state index is 8.47. The Morgan fingerprint density at radius 3 is 3.10 bits per heavy atom. The summed E-state index contributed by atoms with van der Waals surface area (Å²) in [6.45, 7) is 3.29. The molecule has 1 aromatic carbocycles. The van der Waals surface area contributed by atoms with Crippen LogP contribution in [-0.2, 0) is 6.54 Å². The molecule has 0 fully saturated rings. The summed E-state index contributed by atoms with van der Waals surface area (Å²) in [4.78, 5) is 4.41. The van der Waals surface area contributed by atoms with E-state index in [2.05, 4.69) is 16.4 Å². The third-order valence-corrected chi connectivity index (χ3v) is 3.61. The zero-order valence-corrected chi connectivity index (χ0v) is 12.2. The molecule has 5 heteroatoms. The quantitative estimate of drug-likeness (QED) is 0.788. The molecule has 0 saturated heterocycles. The van der Waals surface area contributed by atoms with E-state index in [1.807, 2.05) is 36.6 Å². The van der Waals surface area contributed by atoms with Crippen molar-refractivity contribution in [3.8, 4) is 11.8 Å². The molecule has 0 aliphatic rings. The molecule has 0 radical (unpaired) electrons. The minimum absolute atomic E-state index is 0.529. The molecule has 0 aliphatic carbocycles. The van der Waals surface area contributed by atoms with E-state index >= 15 is 0 Å². The Morgan fingerprint density at radius 2 is 2.35 bits per heavy atom. The van der Waals surface area contributed by atoms with Gasteiger partial charge in [-0.1, -0.05) is 6.07 Å². The lowest BCUT2D eigenvalue weighted by molar-refractivity contribution is 0.313. The first-order valence-corrected chi connectivity index (χ1v) is 7.40. The van der Waals surface area contributed by atoms with Crippen LogP contribution in [-0.4, -0.2) is 11.6 Å². The van der Waals surface area contributed by atoms with Crippen molar-refractivity contribution >= 4 is 17.0 Å². The second kappa shape index (κ2) is 7.51. The van der Waals surface area contributed by atoms with Gasteiger partial charge >= 0.3 is 0 Å². The van der Waals surface area contributed by atoms with Crippen molar-refractivity contribution in [2.45, 2.75) is 26.3 Å². The number of nitriles is 1. The molecule has 0 atom stereocenters. The highest BCUT2D eigenvalue weighted by Gasteiger charge is 2.00. The Labute approximate surface area is 123 Å². The van der Waals surface area contributed by atoms with E-state index in [4.69, 9.17) is 10.00 Å². The van der Waals surface area contributed by atoms with E-state index in [1.54, 1.807) is 11.3 Å². The van der Waals surface area contributed by atoms with Gasteiger partial charge in [0.15, 0.2) is 0 Å². The molecule has 1 aromatic heterocycles. The van der Waals surface area contributed by atoms with Crippen LogP contribution >= 0.6 is 11.3 Å². The standard InChI is InChI=1S/C15H17N3OS/c1-12-11-20-15(18-12)10-17-13-5-4-6-14(9-13)19-8-3-2-7-16/h4-6,9,11,17H,2-3,8,10H2,1H3. The average Bonchev–Trinajstić information content (AvgIpc) is 2.88. The Balaban J connectivity index is 1.84. The molecular formula is C15H17N3OS. The van der Waals surface area contributed by atoms with Crippen molar-refractivity contribution in [1.82, 2.24) is 4.98 Å². The number of aromatic nitrogens is 1. The average molecular weight is 287 g/mol. The summed E-state index contributed by atoms with van der Waals surface area (Å²) in [6.07, 6.45) is 1.29. The first-order chi connectivity index (χ1) is 9.78. The Morgan fingerprint density at radius 1 is 1.45 bits per heavy atom. The second-order valence-corrected chi connectivity index (χ2v) is 5.32. The van der Waals surface area contributed by atoms with Gasteiger partial charge in [0.25, 0.3) is 0 Å². The highest BCUT2D eigenvalue weighted by Crippen LogP contribution is 2.19. The predicted molar refractivity (Wildman–Crippen MR) is 81.0 cm³/mol. The van der Waals surface area contributed by atoms with Crippen LogP contribution in [0, 0.1) is 18.3 Å². The first kappa shape index (κ1) is 14.4. The van der Waals surface area contributed by atoms with Gasteiger partial charge in [-0.3, -0.25) is 0 Å². The molecule has 20 heavy (non-hydrogen) atoms. The summed E-state index contributed by atoms with van der Waals surface area (Å²) in [7, 11) is 0. The summed E-state index contributed by atoms with van der Waals surface area (Å²) in [6, 6.07) is 9.95. The van der Waals surface area contributed by atoms with Crippen LogP contribution in [0.2, 0.25) is 0 Å². The van der Waals surface area contributed by atoms with Crippen molar-refractivity contribution in [2.24, 2.45) is 0 Å². The lowest BCUT2D eigenvalue weighted by Crippen LogP contribution is -2.00. The van der Waals surface area contributed by atoms with Gasteiger partial charge in [0, 0.05) is 29.2 Å². The maximum Gasteiger partial charge on any atom is 0.121 e. The van der Waals surface area contributed by atoms with Crippen molar-refractivity contribution in [3.05, 3.63) is 40.3 Å². The molecular weight excluding hydrogens is 270 g/mol.